The number of carbonyl (C=O) groups excluding carboxylic acids is 1. The number of piperazine rings is 1. The van der Waals surface area contributed by atoms with E-state index in [0.29, 0.717) is 26.1 Å². The predicted molar refractivity (Wildman–Crippen MR) is 138 cm³/mol. The third kappa shape index (κ3) is 6.08. The molecule has 37 heavy (non-hydrogen) atoms. The van der Waals surface area contributed by atoms with Gasteiger partial charge in [0.05, 0.1) is 30.1 Å². The van der Waals surface area contributed by atoms with Crippen molar-refractivity contribution in [1.29, 1.82) is 0 Å². The number of morpholine rings is 1. The van der Waals surface area contributed by atoms with Crippen LogP contribution in [0.5, 0.6) is 0 Å². The molecule has 2 atom stereocenters. The number of ether oxygens (including phenoxy) is 1. The molecular formula is C27H34FN5O4. The third-order valence-electron chi connectivity index (χ3n) is 7.70. The highest BCUT2D eigenvalue weighted by atomic mass is 19.1. The Bertz CT molecular complexity index is 1110. The van der Waals surface area contributed by atoms with Gasteiger partial charge in [0.2, 0.25) is 5.91 Å². The number of benzene rings is 2. The Hall–Kier alpha value is -3.08. The Morgan fingerprint density at radius 1 is 1.08 bits per heavy atom. The van der Waals surface area contributed by atoms with Crippen molar-refractivity contribution < 1.29 is 18.8 Å². The number of hydrogen-bond donors (Lipinski definition) is 1. The standard InChI is InChI=1S/C27H34FN5O4/c28-22-4-2-20(3-5-22)18-31-10-11-32-25-7-6-23(33(35)36)16-21(25)17-24(26(32)19-31)27(34)29-8-1-9-30-12-14-37-15-13-30/h2-7,16,24,26H,1,8-15,17-19H2,(H,29,34)/t24-,26-/m1/s1. The summed E-state index contributed by atoms with van der Waals surface area (Å²) in [6.07, 6.45) is 1.34. The average Bonchev–Trinajstić information content (AvgIpc) is 2.92. The van der Waals surface area contributed by atoms with Gasteiger partial charge in [-0.25, -0.2) is 4.39 Å². The summed E-state index contributed by atoms with van der Waals surface area (Å²) in [5.74, 6) is -0.566. The lowest BCUT2D eigenvalue weighted by atomic mass is 9.83. The minimum atomic E-state index is -0.381. The lowest BCUT2D eigenvalue weighted by Crippen LogP contribution is -2.61. The Morgan fingerprint density at radius 2 is 1.86 bits per heavy atom. The molecule has 2 aromatic rings. The normalized spacial score (nSPS) is 22.2. The van der Waals surface area contributed by atoms with Gasteiger partial charge in [-0.2, -0.15) is 0 Å². The topological polar surface area (TPSA) is 91.2 Å². The van der Waals surface area contributed by atoms with Crippen molar-refractivity contribution in [3.63, 3.8) is 0 Å². The molecule has 0 radical (unpaired) electrons. The first-order valence-electron chi connectivity index (χ1n) is 13.1. The summed E-state index contributed by atoms with van der Waals surface area (Å²) in [5.41, 5.74) is 2.92. The van der Waals surface area contributed by atoms with Gasteiger partial charge in [-0.1, -0.05) is 12.1 Å². The van der Waals surface area contributed by atoms with Crippen LogP contribution in [0.25, 0.3) is 0 Å². The van der Waals surface area contributed by atoms with E-state index < -0.39 is 0 Å². The van der Waals surface area contributed by atoms with E-state index in [2.05, 4.69) is 20.0 Å². The Labute approximate surface area is 216 Å². The molecule has 0 aromatic heterocycles. The summed E-state index contributed by atoms with van der Waals surface area (Å²) in [4.78, 5) is 31.4. The summed E-state index contributed by atoms with van der Waals surface area (Å²) in [6, 6.07) is 11.5. The molecule has 5 rings (SSSR count). The van der Waals surface area contributed by atoms with Crippen LogP contribution in [0.15, 0.2) is 42.5 Å². The van der Waals surface area contributed by atoms with Crippen molar-refractivity contribution in [3.05, 3.63) is 69.5 Å². The van der Waals surface area contributed by atoms with Crippen molar-refractivity contribution in [3.8, 4) is 0 Å². The number of rotatable bonds is 8. The first-order valence-corrected chi connectivity index (χ1v) is 13.1. The molecule has 3 heterocycles. The van der Waals surface area contributed by atoms with Crippen LogP contribution in [0.2, 0.25) is 0 Å². The number of carbonyl (C=O) groups is 1. The third-order valence-corrected chi connectivity index (χ3v) is 7.70. The maximum atomic E-state index is 13.5. The zero-order valence-corrected chi connectivity index (χ0v) is 21.0. The quantitative estimate of drug-likeness (QED) is 0.331. The minimum Gasteiger partial charge on any atom is -0.379 e. The lowest BCUT2D eigenvalue weighted by Gasteiger charge is -2.49. The largest absolute Gasteiger partial charge is 0.379 e. The van der Waals surface area contributed by atoms with E-state index in [-0.39, 0.29) is 34.3 Å². The van der Waals surface area contributed by atoms with E-state index in [1.54, 1.807) is 24.3 Å². The van der Waals surface area contributed by atoms with Gasteiger partial charge < -0.3 is 15.0 Å². The Kier molecular flexibility index (Phi) is 7.97. The minimum absolute atomic E-state index is 0.00207. The number of nitro groups is 1. The molecule has 0 unspecified atom stereocenters. The van der Waals surface area contributed by atoms with Crippen molar-refractivity contribution in [2.45, 2.75) is 25.4 Å². The number of amides is 1. The second-order valence-electron chi connectivity index (χ2n) is 10.1. The molecule has 0 saturated carbocycles. The molecule has 0 bridgehead atoms. The maximum absolute atomic E-state index is 13.5. The predicted octanol–water partition coefficient (Wildman–Crippen LogP) is 2.44. The van der Waals surface area contributed by atoms with Gasteiger partial charge in [0.1, 0.15) is 5.82 Å². The lowest BCUT2D eigenvalue weighted by molar-refractivity contribution is -0.384. The molecule has 1 amide bonds. The van der Waals surface area contributed by atoms with E-state index >= 15 is 0 Å². The fourth-order valence-corrected chi connectivity index (χ4v) is 5.74. The van der Waals surface area contributed by atoms with Gasteiger partial charge in [0, 0.05) is 63.6 Å². The summed E-state index contributed by atoms with van der Waals surface area (Å²) in [6.45, 7) is 7.77. The van der Waals surface area contributed by atoms with Crippen molar-refractivity contribution >= 4 is 17.3 Å². The van der Waals surface area contributed by atoms with Crippen LogP contribution >= 0.6 is 0 Å². The van der Waals surface area contributed by atoms with Crippen molar-refractivity contribution in [2.75, 3.05) is 63.9 Å². The number of fused-ring (bicyclic) bond motifs is 3. The fourth-order valence-electron chi connectivity index (χ4n) is 5.74. The van der Waals surface area contributed by atoms with E-state index in [0.717, 1.165) is 69.2 Å². The van der Waals surface area contributed by atoms with Crippen LogP contribution in [0.1, 0.15) is 17.5 Å². The van der Waals surface area contributed by atoms with E-state index in [1.165, 1.54) is 12.1 Å². The monoisotopic (exact) mass is 511 g/mol. The molecule has 0 aliphatic carbocycles. The van der Waals surface area contributed by atoms with Crippen molar-refractivity contribution in [2.24, 2.45) is 5.92 Å². The van der Waals surface area contributed by atoms with Crippen LogP contribution in [-0.4, -0.2) is 85.7 Å². The summed E-state index contributed by atoms with van der Waals surface area (Å²) in [5, 5.41) is 14.5. The van der Waals surface area contributed by atoms with E-state index in [9.17, 15) is 19.3 Å². The number of nitrogens with zero attached hydrogens (tertiary/aromatic N) is 4. The number of non-ortho nitro benzene ring substituents is 1. The van der Waals surface area contributed by atoms with Gasteiger partial charge in [-0.05, 0) is 48.7 Å². The average molecular weight is 512 g/mol. The first-order chi connectivity index (χ1) is 18.0. The second kappa shape index (κ2) is 11.5. The molecule has 3 aliphatic heterocycles. The second-order valence-corrected chi connectivity index (χ2v) is 10.1. The van der Waals surface area contributed by atoms with E-state index in [4.69, 9.17) is 4.74 Å². The first kappa shape index (κ1) is 25.6. The number of anilines is 1. The molecule has 1 N–H and O–H groups in total. The molecule has 2 fully saturated rings. The summed E-state index contributed by atoms with van der Waals surface area (Å²) >= 11 is 0. The van der Waals surface area contributed by atoms with Crippen LogP contribution in [0.4, 0.5) is 15.8 Å². The van der Waals surface area contributed by atoms with Gasteiger partial charge in [0.15, 0.2) is 0 Å². The number of nitrogens with one attached hydrogen (secondary N) is 1. The fraction of sp³-hybridized carbons (Fsp3) is 0.519. The zero-order chi connectivity index (χ0) is 25.8. The number of nitro benzene ring substituents is 1. The Morgan fingerprint density at radius 3 is 2.62 bits per heavy atom. The molecule has 9 nitrogen and oxygen atoms in total. The highest BCUT2D eigenvalue weighted by Gasteiger charge is 2.41. The molecule has 2 aromatic carbocycles. The van der Waals surface area contributed by atoms with Gasteiger partial charge >= 0.3 is 0 Å². The maximum Gasteiger partial charge on any atom is 0.269 e. The molecule has 10 heteroatoms. The van der Waals surface area contributed by atoms with Crippen LogP contribution in [0, 0.1) is 21.8 Å². The summed E-state index contributed by atoms with van der Waals surface area (Å²) < 4.78 is 18.8. The van der Waals surface area contributed by atoms with Gasteiger partial charge in [-0.15, -0.1) is 0 Å². The highest BCUT2D eigenvalue weighted by Crippen LogP contribution is 2.38. The van der Waals surface area contributed by atoms with Crippen LogP contribution in [-0.2, 0) is 22.5 Å². The van der Waals surface area contributed by atoms with Gasteiger partial charge in [0.25, 0.3) is 5.69 Å². The zero-order valence-electron chi connectivity index (χ0n) is 21.0. The Balaban J connectivity index is 1.28. The number of hydrogen-bond acceptors (Lipinski definition) is 7. The molecule has 3 aliphatic rings. The number of halogens is 1. The smallest absolute Gasteiger partial charge is 0.269 e. The van der Waals surface area contributed by atoms with Gasteiger partial charge in [-0.3, -0.25) is 24.7 Å². The summed E-state index contributed by atoms with van der Waals surface area (Å²) in [7, 11) is 0. The molecule has 0 spiro atoms. The molecular weight excluding hydrogens is 477 g/mol. The SMILES string of the molecule is O=C(NCCCN1CCOCC1)[C@@H]1Cc2cc([N+](=O)[O-])ccc2N2CCN(Cc3ccc(F)cc3)C[C@H]12. The van der Waals surface area contributed by atoms with Crippen molar-refractivity contribution in [1.82, 2.24) is 15.1 Å². The molecule has 2 saturated heterocycles. The van der Waals surface area contributed by atoms with E-state index in [1.807, 2.05) is 6.07 Å². The van der Waals surface area contributed by atoms with Crippen LogP contribution < -0.4 is 10.2 Å². The van der Waals surface area contributed by atoms with Crippen LogP contribution in [0.3, 0.4) is 0 Å². The highest BCUT2D eigenvalue weighted by molar-refractivity contribution is 5.82. The molecule has 198 valence electrons.